The first-order valence-corrected chi connectivity index (χ1v) is 18.0. The molecule has 0 aliphatic rings. The monoisotopic (exact) mass is 554 g/mol. The Balaban J connectivity index is 1.77. The second kappa shape index (κ2) is 16.3. The molecule has 0 heterocycles. The standard InChI is InChI=1S/C32H43O2PS2/c1-4-6-8-11-17-28-19-15-23-31(25-28)33-35(36,37-27(3)30-21-13-10-14-22-30)34-32-24-16-20-29(26-32)18-12-9-7-5-2/h10,13-16,19-27H,4-9,11-12,17-18H2,1-3H3. The van der Waals surface area contributed by atoms with Crippen LogP contribution in [0.2, 0.25) is 0 Å². The molecule has 1 atom stereocenters. The Morgan fingerprint density at radius 3 is 1.68 bits per heavy atom. The van der Waals surface area contributed by atoms with E-state index in [0.717, 1.165) is 24.3 Å². The van der Waals surface area contributed by atoms with Crippen molar-refractivity contribution in [2.24, 2.45) is 0 Å². The highest BCUT2D eigenvalue weighted by Gasteiger charge is 2.28. The number of unbranched alkanes of at least 4 members (excludes halogenated alkanes) is 6. The van der Waals surface area contributed by atoms with Crippen LogP contribution in [0.15, 0.2) is 78.9 Å². The van der Waals surface area contributed by atoms with Crippen LogP contribution in [0.1, 0.15) is 94.1 Å². The molecule has 0 aliphatic heterocycles. The van der Waals surface area contributed by atoms with Crippen LogP contribution < -0.4 is 9.05 Å². The lowest BCUT2D eigenvalue weighted by Crippen LogP contribution is -2.01. The number of benzene rings is 3. The molecule has 2 nitrogen and oxygen atoms in total. The van der Waals surface area contributed by atoms with Crippen molar-refractivity contribution in [3.63, 3.8) is 0 Å². The summed E-state index contributed by atoms with van der Waals surface area (Å²) in [5.74, 6) is 1.61. The summed E-state index contributed by atoms with van der Waals surface area (Å²) in [5.41, 5.74) is 1.07. The summed E-state index contributed by atoms with van der Waals surface area (Å²) in [7, 11) is 0. The van der Waals surface area contributed by atoms with Crippen molar-refractivity contribution in [3.8, 4) is 11.5 Å². The molecule has 5 heteroatoms. The smallest absolute Gasteiger partial charge is 0.349 e. The molecular formula is C32H43O2PS2. The molecule has 0 radical (unpaired) electrons. The van der Waals surface area contributed by atoms with Crippen LogP contribution in [0.5, 0.6) is 11.5 Å². The lowest BCUT2D eigenvalue weighted by atomic mass is 10.1. The van der Waals surface area contributed by atoms with Gasteiger partial charge < -0.3 is 9.05 Å². The van der Waals surface area contributed by atoms with Crippen molar-refractivity contribution in [2.75, 3.05) is 0 Å². The fourth-order valence-corrected chi connectivity index (χ4v) is 9.84. The summed E-state index contributed by atoms with van der Waals surface area (Å²) in [4.78, 5) is 0. The van der Waals surface area contributed by atoms with E-state index < -0.39 is 5.69 Å². The van der Waals surface area contributed by atoms with Gasteiger partial charge in [0.1, 0.15) is 11.5 Å². The highest BCUT2D eigenvalue weighted by Crippen LogP contribution is 2.64. The van der Waals surface area contributed by atoms with Gasteiger partial charge in [-0.15, -0.1) is 0 Å². The Labute approximate surface area is 234 Å². The van der Waals surface area contributed by atoms with Gasteiger partial charge in [-0.25, -0.2) is 0 Å². The van der Waals surface area contributed by atoms with Crippen LogP contribution in [0.25, 0.3) is 0 Å². The average Bonchev–Trinajstić information content (AvgIpc) is 2.90. The van der Waals surface area contributed by atoms with E-state index >= 15 is 0 Å². The maximum Gasteiger partial charge on any atom is 0.349 e. The summed E-state index contributed by atoms with van der Waals surface area (Å²) >= 11 is 7.83. The number of rotatable bonds is 17. The van der Waals surface area contributed by atoms with Crippen LogP contribution >= 0.6 is 17.1 Å². The van der Waals surface area contributed by atoms with E-state index in [0.29, 0.717) is 0 Å². The lowest BCUT2D eigenvalue weighted by Gasteiger charge is -2.26. The Morgan fingerprint density at radius 2 is 1.19 bits per heavy atom. The maximum absolute atomic E-state index is 6.59. The van der Waals surface area contributed by atoms with Crippen LogP contribution in [0.3, 0.4) is 0 Å². The third kappa shape index (κ3) is 10.9. The summed E-state index contributed by atoms with van der Waals surface area (Å²) in [6.07, 6.45) is 12.1. The summed E-state index contributed by atoms with van der Waals surface area (Å²) in [6, 6.07) is 27.3. The van der Waals surface area contributed by atoms with Crippen molar-refractivity contribution in [1.82, 2.24) is 0 Å². The molecule has 0 aliphatic carbocycles. The Morgan fingerprint density at radius 1 is 0.676 bits per heavy atom. The van der Waals surface area contributed by atoms with Crippen molar-refractivity contribution < 1.29 is 9.05 Å². The van der Waals surface area contributed by atoms with Crippen molar-refractivity contribution in [2.45, 2.75) is 90.2 Å². The molecule has 0 amide bonds. The molecule has 37 heavy (non-hydrogen) atoms. The molecular weight excluding hydrogens is 511 g/mol. The first kappa shape index (κ1) is 29.8. The van der Waals surface area contributed by atoms with Gasteiger partial charge in [-0.1, -0.05) is 107 Å². The predicted octanol–water partition coefficient (Wildman–Crippen LogP) is 11.1. The second-order valence-corrected chi connectivity index (χ2v) is 16.1. The average molecular weight is 555 g/mol. The Bertz CT molecular complexity index is 1040. The zero-order valence-corrected chi connectivity index (χ0v) is 25.3. The van der Waals surface area contributed by atoms with Gasteiger partial charge in [-0.05, 0) is 96.8 Å². The minimum absolute atomic E-state index is 0.154. The summed E-state index contributed by atoms with van der Waals surface area (Å²) < 4.78 is 13.2. The molecule has 1 unspecified atom stereocenters. The fraction of sp³-hybridized carbons (Fsp3) is 0.438. The molecule has 0 fully saturated rings. The van der Waals surface area contributed by atoms with E-state index in [1.54, 1.807) is 11.4 Å². The van der Waals surface area contributed by atoms with E-state index in [1.807, 2.05) is 18.2 Å². The Hall–Kier alpha value is -1.74. The highest BCUT2D eigenvalue weighted by atomic mass is 32.9. The van der Waals surface area contributed by atoms with Gasteiger partial charge in [-0.3, -0.25) is 0 Å². The number of hydrogen-bond donors (Lipinski definition) is 0. The second-order valence-electron chi connectivity index (χ2n) is 9.70. The van der Waals surface area contributed by atoms with E-state index in [2.05, 4.69) is 81.4 Å². The minimum Gasteiger partial charge on any atom is -0.428 e. The maximum atomic E-state index is 6.59. The molecule has 0 N–H and O–H groups in total. The van der Waals surface area contributed by atoms with Crippen LogP contribution in [0, 0.1) is 0 Å². The fourth-order valence-electron chi connectivity index (χ4n) is 4.33. The van der Waals surface area contributed by atoms with Crippen LogP contribution in [0.4, 0.5) is 0 Å². The molecule has 3 aromatic carbocycles. The molecule has 0 saturated heterocycles. The first-order valence-electron chi connectivity index (χ1n) is 13.9. The van der Waals surface area contributed by atoms with Crippen molar-refractivity contribution >= 4 is 28.9 Å². The van der Waals surface area contributed by atoms with E-state index in [4.69, 9.17) is 20.9 Å². The van der Waals surface area contributed by atoms with E-state index in [1.165, 1.54) is 68.1 Å². The van der Waals surface area contributed by atoms with Crippen LogP contribution in [-0.2, 0) is 24.6 Å². The minimum atomic E-state index is -2.75. The summed E-state index contributed by atoms with van der Waals surface area (Å²) in [5, 5.41) is 0.154. The molecule has 0 bridgehead atoms. The molecule has 0 spiro atoms. The highest BCUT2D eigenvalue weighted by molar-refractivity contribution is 8.68. The molecule has 200 valence electrons. The van der Waals surface area contributed by atoms with Crippen molar-refractivity contribution in [1.29, 1.82) is 0 Å². The van der Waals surface area contributed by atoms with Crippen molar-refractivity contribution in [3.05, 3.63) is 95.6 Å². The molecule has 0 aromatic heterocycles. The van der Waals surface area contributed by atoms with Gasteiger partial charge in [0, 0.05) is 5.25 Å². The zero-order valence-electron chi connectivity index (χ0n) is 22.7. The third-order valence-electron chi connectivity index (χ3n) is 6.43. The van der Waals surface area contributed by atoms with Gasteiger partial charge in [0.05, 0.1) is 0 Å². The number of aryl methyl sites for hydroxylation is 2. The van der Waals surface area contributed by atoms with Crippen LogP contribution in [-0.4, -0.2) is 0 Å². The zero-order chi connectivity index (χ0) is 26.3. The topological polar surface area (TPSA) is 18.5 Å². The number of hydrogen-bond acceptors (Lipinski definition) is 4. The normalized spacial score (nSPS) is 12.3. The van der Waals surface area contributed by atoms with Gasteiger partial charge in [0.25, 0.3) is 0 Å². The first-order chi connectivity index (χ1) is 18.0. The van der Waals surface area contributed by atoms with E-state index in [-0.39, 0.29) is 5.25 Å². The molecule has 0 saturated carbocycles. The van der Waals surface area contributed by atoms with Gasteiger partial charge in [-0.2, -0.15) is 0 Å². The Kier molecular flexibility index (Phi) is 13.1. The predicted molar refractivity (Wildman–Crippen MR) is 167 cm³/mol. The van der Waals surface area contributed by atoms with Gasteiger partial charge >= 0.3 is 5.69 Å². The van der Waals surface area contributed by atoms with Gasteiger partial charge in [0.2, 0.25) is 0 Å². The molecule has 3 aromatic rings. The quantitative estimate of drug-likeness (QED) is 0.122. The summed E-state index contributed by atoms with van der Waals surface area (Å²) in [6.45, 7) is 6.68. The van der Waals surface area contributed by atoms with E-state index in [9.17, 15) is 0 Å². The lowest BCUT2D eigenvalue weighted by molar-refractivity contribution is 0.505. The largest absolute Gasteiger partial charge is 0.428 e. The molecule has 3 rings (SSSR count). The third-order valence-corrected chi connectivity index (χ3v) is 11.5. The van der Waals surface area contributed by atoms with Gasteiger partial charge in [0.15, 0.2) is 0 Å². The SMILES string of the molecule is CCCCCCc1cccc(OP(=S)(Oc2cccc(CCCCCC)c2)SC(C)c2ccccc2)c1.